The van der Waals surface area contributed by atoms with E-state index in [0.717, 1.165) is 6.07 Å². The van der Waals surface area contributed by atoms with Gasteiger partial charge < -0.3 is 19.5 Å². The predicted molar refractivity (Wildman–Crippen MR) is 127 cm³/mol. The fourth-order valence-electron chi connectivity index (χ4n) is 3.53. The highest BCUT2D eigenvalue weighted by Crippen LogP contribution is 2.32. The molecule has 176 valence electrons. The van der Waals surface area contributed by atoms with Crippen LogP contribution in [0.4, 0.5) is 13.2 Å². The minimum absolute atomic E-state index is 0. The van der Waals surface area contributed by atoms with Crippen LogP contribution in [0.2, 0.25) is 0 Å². The third-order valence-electron chi connectivity index (χ3n) is 5.47. The zero-order valence-electron chi connectivity index (χ0n) is 18.3. The second kappa shape index (κ2) is 10.6. The first-order valence-corrected chi connectivity index (χ1v) is 10.1. The van der Waals surface area contributed by atoms with E-state index in [1.54, 1.807) is 30.1 Å². The molecule has 0 radical (unpaired) electrons. The number of alkyl halides is 3. The van der Waals surface area contributed by atoms with E-state index in [2.05, 4.69) is 10.3 Å². The molecule has 1 aromatic carbocycles. The lowest BCUT2D eigenvalue weighted by Gasteiger charge is -2.37. The number of hydrogen-bond acceptors (Lipinski definition) is 3. The summed E-state index contributed by atoms with van der Waals surface area (Å²) >= 11 is 0. The predicted octanol–water partition coefficient (Wildman–Crippen LogP) is 4.23. The van der Waals surface area contributed by atoms with Crippen molar-refractivity contribution in [1.82, 2.24) is 15.1 Å². The number of carbonyl (C=O) groups is 1. The van der Waals surface area contributed by atoms with E-state index in [1.165, 1.54) is 18.4 Å². The number of carbonyl (C=O) groups excluding carboxylic acids is 1. The maximum atomic E-state index is 13.1. The number of hydrogen-bond donors (Lipinski definition) is 1. The van der Waals surface area contributed by atoms with Gasteiger partial charge in [0.15, 0.2) is 11.7 Å². The van der Waals surface area contributed by atoms with E-state index in [1.807, 2.05) is 18.7 Å². The van der Waals surface area contributed by atoms with Gasteiger partial charge in [-0.25, -0.2) is 0 Å². The average molecular weight is 564 g/mol. The summed E-state index contributed by atoms with van der Waals surface area (Å²) in [4.78, 5) is 20.5. The van der Waals surface area contributed by atoms with Crippen molar-refractivity contribution in [2.24, 2.45) is 4.99 Å². The second-order valence-corrected chi connectivity index (χ2v) is 8.12. The summed E-state index contributed by atoms with van der Waals surface area (Å²) in [5.74, 6) is 0.835. The summed E-state index contributed by atoms with van der Waals surface area (Å²) in [5.41, 5.74) is -0.604. The zero-order chi connectivity index (χ0) is 22.6. The molecule has 32 heavy (non-hydrogen) atoms. The van der Waals surface area contributed by atoms with Gasteiger partial charge in [0.25, 0.3) is 5.91 Å². The van der Waals surface area contributed by atoms with Crippen LogP contribution < -0.4 is 5.32 Å². The normalized spacial score (nSPS) is 15.4. The standard InChI is InChI=1S/C22H27F3N4O2.HI/c1-21(2,16-6-4-7-17(14-16)22(23,24)25)15-27-20(26-3)29-11-9-28(10-12-29)19(30)18-8-5-13-31-18;/h4-8,13-14H,9-12,15H2,1-3H3,(H,26,27);1H. The number of guanidine groups is 1. The van der Waals surface area contributed by atoms with Crippen LogP contribution >= 0.6 is 24.0 Å². The van der Waals surface area contributed by atoms with Gasteiger partial charge in [0.2, 0.25) is 0 Å². The van der Waals surface area contributed by atoms with Crippen molar-refractivity contribution in [2.75, 3.05) is 39.8 Å². The number of halogens is 4. The van der Waals surface area contributed by atoms with Crippen molar-refractivity contribution in [1.29, 1.82) is 0 Å². The number of piperazine rings is 1. The quantitative estimate of drug-likeness (QED) is 0.343. The van der Waals surface area contributed by atoms with Gasteiger partial charge in [-0.2, -0.15) is 13.2 Å². The molecular weight excluding hydrogens is 536 g/mol. The largest absolute Gasteiger partial charge is 0.459 e. The monoisotopic (exact) mass is 564 g/mol. The molecule has 1 N–H and O–H groups in total. The number of nitrogens with zero attached hydrogens (tertiary/aromatic N) is 3. The maximum absolute atomic E-state index is 13.1. The molecule has 10 heteroatoms. The Morgan fingerprint density at radius 1 is 1.06 bits per heavy atom. The van der Waals surface area contributed by atoms with E-state index in [-0.39, 0.29) is 29.9 Å². The Kier molecular flexibility index (Phi) is 8.60. The van der Waals surface area contributed by atoms with Crippen LogP contribution in [0, 0.1) is 0 Å². The van der Waals surface area contributed by atoms with Crippen LogP contribution in [-0.4, -0.2) is 61.4 Å². The fraction of sp³-hybridized carbons (Fsp3) is 0.455. The molecule has 2 aromatic rings. The molecule has 1 amide bonds. The lowest BCUT2D eigenvalue weighted by atomic mass is 9.84. The van der Waals surface area contributed by atoms with Crippen molar-refractivity contribution in [3.05, 3.63) is 59.5 Å². The van der Waals surface area contributed by atoms with Gasteiger partial charge in [0.05, 0.1) is 11.8 Å². The summed E-state index contributed by atoms with van der Waals surface area (Å²) in [6.07, 6.45) is -2.90. The molecule has 0 spiro atoms. The van der Waals surface area contributed by atoms with Gasteiger partial charge in [0, 0.05) is 45.2 Å². The smallest absolute Gasteiger partial charge is 0.416 e. The van der Waals surface area contributed by atoms with E-state index < -0.39 is 17.2 Å². The SMILES string of the molecule is CN=C(NCC(C)(C)c1cccc(C(F)(F)F)c1)N1CCN(C(=O)c2ccco2)CC1.I. The zero-order valence-corrected chi connectivity index (χ0v) is 20.6. The third-order valence-corrected chi connectivity index (χ3v) is 5.47. The molecule has 1 saturated heterocycles. The van der Waals surface area contributed by atoms with Gasteiger partial charge in [-0.05, 0) is 23.8 Å². The Morgan fingerprint density at radius 2 is 1.69 bits per heavy atom. The highest BCUT2D eigenvalue weighted by Gasteiger charge is 2.32. The summed E-state index contributed by atoms with van der Waals surface area (Å²) in [6, 6.07) is 8.74. The van der Waals surface area contributed by atoms with Gasteiger partial charge in [-0.3, -0.25) is 9.79 Å². The molecule has 0 saturated carbocycles. The highest BCUT2D eigenvalue weighted by atomic mass is 127. The summed E-state index contributed by atoms with van der Waals surface area (Å²) in [5, 5.41) is 3.28. The van der Waals surface area contributed by atoms with E-state index in [9.17, 15) is 18.0 Å². The second-order valence-electron chi connectivity index (χ2n) is 8.12. The molecule has 1 fully saturated rings. The Hall–Kier alpha value is -2.24. The van der Waals surface area contributed by atoms with Gasteiger partial charge in [-0.15, -0.1) is 24.0 Å². The highest BCUT2D eigenvalue weighted by molar-refractivity contribution is 14.0. The molecule has 6 nitrogen and oxygen atoms in total. The molecule has 0 atom stereocenters. The number of aliphatic imine (C=N–C) groups is 1. The van der Waals surface area contributed by atoms with Crippen molar-refractivity contribution in [3.8, 4) is 0 Å². The number of furan rings is 1. The van der Waals surface area contributed by atoms with Crippen molar-refractivity contribution < 1.29 is 22.4 Å². The van der Waals surface area contributed by atoms with Gasteiger partial charge in [-0.1, -0.05) is 32.0 Å². The van der Waals surface area contributed by atoms with E-state index in [0.29, 0.717) is 50.0 Å². The van der Waals surface area contributed by atoms with Crippen LogP contribution in [0.1, 0.15) is 35.5 Å². The number of rotatable bonds is 4. The number of nitrogens with one attached hydrogen (secondary N) is 1. The summed E-state index contributed by atoms with van der Waals surface area (Å²) < 4.78 is 44.4. The summed E-state index contributed by atoms with van der Waals surface area (Å²) in [7, 11) is 1.67. The van der Waals surface area contributed by atoms with Crippen LogP contribution in [0.3, 0.4) is 0 Å². The minimum Gasteiger partial charge on any atom is -0.459 e. The Morgan fingerprint density at radius 3 is 2.25 bits per heavy atom. The third kappa shape index (κ3) is 6.17. The molecule has 1 aliphatic rings. The molecule has 1 aliphatic heterocycles. The van der Waals surface area contributed by atoms with Crippen LogP contribution in [0.25, 0.3) is 0 Å². The van der Waals surface area contributed by atoms with E-state index in [4.69, 9.17) is 4.42 Å². The average Bonchev–Trinajstić information content (AvgIpc) is 3.28. The van der Waals surface area contributed by atoms with Crippen LogP contribution in [0.15, 0.2) is 52.1 Å². The molecule has 0 unspecified atom stereocenters. The van der Waals surface area contributed by atoms with Crippen LogP contribution in [0.5, 0.6) is 0 Å². The fourth-order valence-corrected chi connectivity index (χ4v) is 3.53. The molecule has 1 aromatic heterocycles. The van der Waals surface area contributed by atoms with Crippen LogP contribution in [-0.2, 0) is 11.6 Å². The van der Waals surface area contributed by atoms with Gasteiger partial charge >= 0.3 is 6.18 Å². The number of benzene rings is 1. The first kappa shape index (κ1) is 26.0. The first-order valence-electron chi connectivity index (χ1n) is 10.1. The van der Waals surface area contributed by atoms with Crippen molar-refractivity contribution >= 4 is 35.8 Å². The first-order chi connectivity index (χ1) is 14.6. The Labute approximate surface area is 202 Å². The molecule has 0 bridgehead atoms. The molecule has 0 aliphatic carbocycles. The van der Waals surface area contributed by atoms with Crippen molar-refractivity contribution in [2.45, 2.75) is 25.4 Å². The van der Waals surface area contributed by atoms with Gasteiger partial charge in [0.1, 0.15) is 0 Å². The Balaban J connectivity index is 0.00000363. The lowest BCUT2D eigenvalue weighted by molar-refractivity contribution is -0.137. The molecular formula is C22H28F3IN4O2. The Bertz CT molecular complexity index is 922. The van der Waals surface area contributed by atoms with Crippen molar-refractivity contribution in [3.63, 3.8) is 0 Å². The maximum Gasteiger partial charge on any atom is 0.416 e. The minimum atomic E-state index is -4.37. The summed E-state index contributed by atoms with van der Waals surface area (Å²) in [6.45, 7) is 6.43. The topological polar surface area (TPSA) is 61.1 Å². The van der Waals surface area contributed by atoms with E-state index >= 15 is 0 Å². The molecule has 2 heterocycles. The number of amides is 1. The lowest BCUT2D eigenvalue weighted by Crippen LogP contribution is -2.54. The molecule has 3 rings (SSSR count).